The van der Waals surface area contributed by atoms with E-state index < -0.39 is 21.9 Å². The van der Waals surface area contributed by atoms with Gasteiger partial charge in [-0.25, -0.2) is 8.42 Å². The Morgan fingerprint density at radius 1 is 1.09 bits per heavy atom. The first-order valence-electron chi connectivity index (χ1n) is 11.1. The Balaban J connectivity index is 1.70. The van der Waals surface area contributed by atoms with Crippen molar-refractivity contribution in [3.8, 4) is 0 Å². The summed E-state index contributed by atoms with van der Waals surface area (Å²) in [7, 11) is -2.24. The van der Waals surface area contributed by atoms with Crippen LogP contribution in [0, 0.1) is 0 Å². The molecule has 0 bridgehead atoms. The summed E-state index contributed by atoms with van der Waals surface area (Å²) in [5.74, 6) is -0.629. The summed E-state index contributed by atoms with van der Waals surface area (Å²) < 4.78 is 34.3. The standard InChI is InChI=1S/C24H27N3O5S2/c1-16(2)18-8-11-20-21(14-18)33-24(27(20)15-22(28)32-3)25-23(29)17-6-9-19(10-7-17)34(30,31)26-12-4-5-13-26/h6-11,14,16H,4-5,12-13,15H2,1-3H3. The van der Waals surface area contributed by atoms with Gasteiger partial charge in [-0.15, -0.1) is 0 Å². The Labute approximate surface area is 202 Å². The summed E-state index contributed by atoms with van der Waals surface area (Å²) in [4.78, 5) is 29.8. The number of fused-ring (bicyclic) bond motifs is 1. The van der Waals surface area contributed by atoms with E-state index in [-0.39, 0.29) is 17.0 Å². The minimum atomic E-state index is -3.55. The van der Waals surface area contributed by atoms with Crippen LogP contribution in [0.1, 0.15) is 48.5 Å². The zero-order chi connectivity index (χ0) is 24.5. The molecule has 0 saturated carbocycles. The van der Waals surface area contributed by atoms with Gasteiger partial charge in [0, 0.05) is 18.7 Å². The number of benzene rings is 2. The van der Waals surface area contributed by atoms with Gasteiger partial charge < -0.3 is 9.30 Å². The Bertz CT molecular complexity index is 1400. The van der Waals surface area contributed by atoms with Crippen LogP contribution in [0.25, 0.3) is 10.2 Å². The molecule has 0 atom stereocenters. The number of methoxy groups -OCH3 is 1. The van der Waals surface area contributed by atoms with Crippen molar-refractivity contribution in [2.24, 2.45) is 4.99 Å². The van der Waals surface area contributed by atoms with Crippen molar-refractivity contribution in [1.82, 2.24) is 8.87 Å². The van der Waals surface area contributed by atoms with Crippen molar-refractivity contribution < 1.29 is 22.7 Å². The molecular formula is C24H27N3O5S2. The van der Waals surface area contributed by atoms with Crippen LogP contribution in [0.3, 0.4) is 0 Å². The molecule has 1 aromatic heterocycles. The summed E-state index contributed by atoms with van der Waals surface area (Å²) in [6.07, 6.45) is 1.71. The summed E-state index contributed by atoms with van der Waals surface area (Å²) in [5, 5.41) is 0. The van der Waals surface area contributed by atoms with E-state index in [1.807, 2.05) is 18.2 Å². The second-order valence-corrected chi connectivity index (χ2v) is 11.4. The van der Waals surface area contributed by atoms with E-state index in [4.69, 9.17) is 4.74 Å². The third kappa shape index (κ3) is 4.84. The van der Waals surface area contributed by atoms with Crippen molar-refractivity contribution in [1.29, 1.82) is 0 Å². The third-order valence-electron chi connectivity index (χ3n) is 5.89. The fraction of sp³-hybridized carbons (Fsp3) is 0.375. The fourth-order valence-electron chi connectivity index (χ4n) is 3.88. The Morgan fingerprint density at radius 3 is 2.38 bits per heavy atom. The van der Waals surface area contributed by atoms with E-state index in [1.165, 1.54) is 47.0 Å². The quantitative estimate of drug-likeness (QED) is 0.482. The van der Waals surface area contributed by atoms with Crippen molar-refractivity contribution in [3.63, 3.8) is 0 Å². The highest BCUT2D eigenvalue weighted by atomic mass is 32.2. The van der Waals surface area contributed by atoms with Gasteiger partial charge in [0.1, 0.15) is 6.54 Å². The van der Waals surface area contributed by atoms with Crippen molar-refractivity contribution in [2.75, 3.05) is 20.2 Å². The third-order valence-corrected chi connectivity index (χ3v) is 8.84. The van der Waals surface area contributed by atoms with Gasteiger partial charge in [0.2, 0.25) is 10.0 Å². The molecule has 3 aromatic rings. The normalized spacial score (nSPS) is 15.4. The lowest BCUT2D eigenvalue weighted by atomic mass is 10.0. The highest BCUT2D eigenvalue weighted by molar-refractivity contribution is 7.89. The minimum Gasteiger partial charge on any atom is -0.468 e. The van der Waals surface area contributed by atoms with Gasteiger partial charge in [-0.1, -0.05) is 31.3 Å². The van der Waals surface area contributed by atoms with Crippen molar-refractivity contribution in [3.05, 3.63) is 58.4 Å². The largest absolute Gasteiger partial charge is 0.468 e. The van der Waals surface area contributed by atoms with Gasteiger partial charge in [0.25, 0.3) is 5.91 Å². The van der Waals surface area contributed by atoms with E-state index >= 15 is 0 Å². The lowest BCUT2D eigenvalue weighted by molar-refractivity contribution is -0.141. The van der Waals surface area contributed by atoms with Gasteiger partial charge in [0.15, 0.2) is 4.80 Å². The maximum absolute atomic E-state index is 12.9. The van der Waals surface area contributed by atoms with Crippen LogP contribution < -0.4 is 4.80 Å². The number of nitrogens with zero attached hydrogens (tertiary/aromatic N) is 3. The number of thiazole rings is 1. The van der Waals surface area contributed by atoms with Crippen molar-refractivity contribution in [2.45, 2.75) is 44.0 Å². The minimum absolute atomic E-state index is 0.0728. The van der Waals surface area contributed by atoms with Crippen LogP contribution in [0.2, 0.25) is 0 Å². The average Bonchev–Trinajstić information content (AvgIpc) is 3.48. The Hall–Kier alpha value is -2.82. The van der Waals surface area contributed by atoms with Gasteiger partial charge >= 0.3 is 5.97 Å². The monoisotopic (exact) mass is 501 g/mol. The Morgan fingerprint density at radius 2 is 1.76 bits per heavy atom. The van der Waals surface area contributed by atoms with Gasteiger partial charge in [-0.3, -0.25) is 9.59 Å². The molecule has 0 radical (unpaired) electrons. The predicted octanol–water partition coefficient (Wildman–Crippen LogP) is 3.52. The van der Waals surface area contributed by atoms with Crippen LogP contribution in [0.5, 0.6) is 0 Å². The molecule has 180 valence electrons. The SMILES string of the molecule is COC(=O)Cn1c(=NC(=O)c2ccc(S(=O)(=O)N3CCCC3)cc2)sc2cc(C(C)C)ccc21. The maximum atomic E-state index is 12.9. The number of esters is 1. The second kappa shape index (κ2) is 9.81. The number of hydrogen-bond donors (Lipinski definition) is 0. The smallest absolute Gasteiger partial charge is 0.325 e. The molecule has 10 heteroatoms. The lowest BCUT2D eigenvalue weighted by Crippen LogP contribution is -2.27. The molecule has 2 aromatic carbocycles. The van der Waals surface area contributed by atoms with Crippen LogP contribution in [-0.2, 0) is 26.1 Å². The molecule has 34 heavy (non-hydrogen) atoms. The first kappa shape index (κ1) is 24.3. The zero-order valence-corrected chi connectivity index (χ0v) is 21.0. The number of aromatic nitrogens is 1. The molecular weight excluding hydrogens is 474 g/mol. The molecule has 0 unspecified atom stereocenters. The molecule has 1 amide bonds. The number of sulfonamides is 1. The van der Waals surface area contributed by atoms with Crippen molar-refractivity contribution >= 4 is 43.5 Å². The van der Waals surface area contributed by atoms with E-state index in [0.717, 1.165) is 28.6 Å². The maximum Gasteiger partial charge on any atom is 0.325 e. The molecule has 0 spiro atoms. The number of amides is 1. The van der Waals surface area contributed by atoms with Crippen LogP contribution >= 0.6 is 11.3 Å². The van der Waals surface area contributed by atoms with E-state index in [1.54, 1.807) is 4.57 Å². The molecule has 1 saturated heterocycles. The fourth-order valence-corrected chi connectivity index (χ4v) is 6.47. The highest BCUT2D eigenvalue weighted by Gasteiger charge is 2.27. The zero-order valence-electron chi connectivity index (χ0n) is 19.4. The number of hydrogen-bond acceptors (Lipinski definition) is 6. The molecule has 4 rings (SSSR count). The highest BCUT2D eigenvalue weighted by Crippen LogP contribution is 2.24. The van der Waals surface area contributed by atoms with Gasteiger partial charge in [0.05, 0.1) is 22.2 Å². The topological polar surface area (TPSA) is 98.0 Å². The number of carbonyl (C=O) groups excluding carboxylic acids is 2. The molecule has 8 nitrogen and oxygen atoms in total. The number of ether oxygens (including phenoxy) is 1. The number of carbonyl (C=O) groups is 2. The summed E-state index contributed by atoms with van der Waals surface area (Å²) >= 11 is 1.32. The Kier molecular flexibility index (Phi) is 7.01. The van der Waals surface area contributed by atoms with E-state index in [2.05, 4.69) is 18.8 Å². The lowest BCUT2D eigenvalue weighted by Gasteiger charge is -2.15. The van der Waals surface area contributed by atoms with Gasteiger partial charge in [-0.05, 0) is 60.7 Å². The predicted molar refractivity (Wildman–Crippen MR) is 130 cm³/mol. The summed E-state index contributed by atoms with van der Waals surface area (Å²) in [5.41, 5.74) is 2.20. The van der Waals surface area contributed by atoms with Crippen LogP contribution in [0.4, 0.5) is 0 Å². The summed E-state index contributed by atoms with van der Waals surface area (Å²) in [6.45, 7) is 5.15. The first-order valence-corrected chi connectivity index (χ1v) is 13.4. The second-order valence-electron chi connectivity index (χ2n) is 8.48. The van der Waals surface area contributed by atoms with Gasteiger partial charge in [-0.2, -0.15) is 9.30 Å². The molecule has 0 aliphatic carbocycles. The first-order chi connectivity index (χ1) is 16.2. The van der Waals surface area contributed by atoms with E-state index in [0.29, 0.717) is 23.8 Å². The molecule has 0 N–H and O–H groups in total. The molecule has 1 fully saturated rings. The van der Waals surface area contributed by atoms with Crippen LogP contribution in [0.15, 0.2) is 52.4 Å². The summed E-state index contributed by atoms with van der Waals surface area (Å²) in [6, 6.07) is 11.8. The van der Waals surface area contributed by atoms with Crippen LogP contribution in [-0.4, -0.2) is 49.4 Å². The number of rotatable bonds is 6. The molecule has 1 aliphatic rings. The molecule has 1 aliphatic heterocycles. The van der Waals surface area contributed by atoms with E-state index in [9.17, 15) is 18.0 Å². The molecule has 2 heterocycles. The average molecular weight is 502 g/mol.